The van der Waals surface area contributed by atoms with E-state index in [1.165, 1.54) is 0 Å². The number of aliphatic carboxylic acids is 1. The summed E-state index contributed by atoms with van der Waals surface area (Å²) in [6.45, 7) is 8.03. The van der Waals surface area contributed by atoms with Gasteiger partial charge in [0.2, 0.25) is 0 Å². The Morgan fingerprint density at radius 2 is 2.20 bits per heavy atom. The molecule has 0 spiro atoms. The van der Waals surface area contributed by atoms with E-state index in [4.69, 9.17) is 5.11 Å². The molecule has 0 amide bonds. The number of aromatic nitrogens is 1. The first-order valence-corrected chi connectivity index (χ1v) is 5.86. The van der Waals surface area contributed by atoms with Crippen LogP contribution < -0.4 is 0 Å². The number of carbonyl (C=O) groups is 1. The summed E-state index contributed by atoms with van der Waals surface area (Å²) in [6, 6.07) is 0. The van der Waals surface area contributed by atoms with E-state index in [-0.39, 0.29) is 11.3 Å². The fourth-order valence-electron chi connectivity index (χ4n) is 1.15. The molecule has 1 aromatic rings. The van der Waals surface area contributed by atoms with Crippen LogP contribution in [0.25, 0.3) is 0 Å². The normalized spacial score (nSPS) is 13.9. The van der Waals surface area contributed by atoms with Gasteiger partial charge in [-0.1, -0.05) is 27.7 Å². The number of hydrogen-bond acceptors (Lipinski definition) is 3. The highest BCUT2D eigenvalue weighted by Gasteiger charge is 2.19. The lowest BCUT2D eigenvalue weighted by Gasteiger charge is -2.13. The molecule has 0 saturated heterocycles. The zero-order valence-corrected chi connectivity index (χ0v) is 10.4. The van der Waals surface area contributed by atoms with Gasteiger partial charge in [-0.2, -0.15) is 0 Å². The van der Waals surface area contributed by atoms with Crippen LogP contribution in [-0.4, -0.2) is 16.1 Å². The van der Waals surface area contributed by atoms with Crippen LogP contribution in [0.3, 0.4) is 0 Å². The van der Waals surface area contributed by atoms with Crippen molar-refractivity contribution in [3.05, 3.63) is 16.1 Å². The molecule has 0 aliphatic rings. The minimum Gasteiger partial charge on any atom is -0.481 e. The summed E-state index contributed by atoms with van der Waals surface area (Å²) in [5.41, 5.74) is 0.940. The molecule has 0 aromatic carbocycles. The monoisotopic (exact) mass is 227 g/mol. The van der Waals surface area contributed by atoms with Crippen molar-refractivity contribution in [2.45, 2.75) is 39.5 Å². The first-order valence-electron chi connectivity index (χ1n) is 4.98. The highest BCUT2D eigenvalue weighted by molar-refractivity contribution is 7.09. The first-order chi connectivity index (χ1) is 6.80. The summed E-state index contributed by atoms with van der Waals surface area (Å²) in [5, 5.41) is 11.8. The molecule has 1 heterocycles. The maximum absolute atomic E-state index is 10.7. The molecule has 4 heteroatoms. The smallest absolute Gasteiger partial charge is 0.306 e. The lowest BCUT2D eigenvalue weighted by Crippen LogP contribution is -2.14. The fraction of sp³-hybridized carbons (Fsp3) is 0.636. The van der Waals surface area contributed by atoms with Gasteiger partial charge in [0.25, 0.3) is 0 Å². The van der Waals surface area contributed by atoms with Gasteiger partial charge < -0.3 is 5.11 Å². The Bertz CT molecular complexity index is 352. The Morgan fingerprint density at radius 1 is 1.60 bits per heavy atom. The van der Waals surface area contributed by atoms with Crippen LogP contribution >= 0.6 is 11.3 Å². The summed E-state index contributed by atoms with van der Waals surface area (Å²) in [5.74, 6) is -1.12. The molecule has 0 saturated carbocycles. The van der Waals surface area contributed by atoms with Crippen molar-refractivity contribution < 1.29 is 9.90 Å². The highest BCUT2D eigenvalue weighted by atomic mass is 32.1. The molecule has 0 bridgehead atoms. The summed E-state index contributed by atoms with van der Waals surface area (Å²) >= 11 is 1.61. The number of rotatable bonds is 3. The number of hydrogen-bond donors (Lipinski definition) is 1. The molecule has 0 aliphatic heterocycles. The summed E-state index contributed by atoms with van der Waals surface area (Å²) in [7, 11) is 0. The van der Waals surface area contributed by atoms with Gasteiger partial charge in [0, 0.05) is 17.2 Å². The second-order valence-electron chi connectivity index (χ2n) is 4.84. The molecule has 1 atom stereocenters. The van der Waals surface area contributed by atoms with E-state index in [1.807, 2.05) is 5.38 Å². The minimum absolute atomic E-state index is 0.0510. The average Bonchev–Trinajstić information content (AvgIpc) is 2.51. The van der Waals surface area contributed by atoms with Crippen LogP contribution in [0.5, 0.6) is 0 Å². The standard InChI is InChI=1S/C11H17NO2S/c1-7(9(13)14)5-8-6-15-10(12-8)11(2,3)4/h6-7H,5H2,1-4H3,(H,13,14). The minimum atomic E-state index is -0.764. The number of carboxylic acids is 1. The van der Waals surface area contributed by atoms with E-state index < -0.39 is 5.97 Å². The highest BCUT2D eigenvalue weighted by Crippen LogP contribution is 2.26. The molecule has 84 valence electrons. The van der Waals surface area contributed by atoms with Crippen molar-refractivity contribution in [1.29, 1.82) is 0 Å². The third-order valence-corrected chi connectivity index (χ3v) is 3.45. The van der Waals surface area contributed by atoms with E-state index in [2.05, 4.69) is 25.8 Å². The third kappa shape index (κ3) is 3.30. The van der Waals surface area contributed by atoms with Crippen LogP contribution in [-0.2, 0) is 16.6 Å². The van der Waals surface area contributed by atoms with Crippen molar-refractivity contribution in [2.24, 2.45) is 5.92 Å². The molecular formula is C11H17NO2S. The molecule has 1 rings (SSSR count). The Labute approximate surface area is 94.2 Å². The van der Waals surface area contributed by atoms with E-state index in [0.29, 0.717) is 6.42 Å². The summed E-state index contributed by atoms with van der Waals surface area (Å²) in [6.07, 6.45) is 0.516. The van der Waals surface area contributed by atoms with Gasteiger partial charge in [0.1, 0.15) is 0 Å². The van der Waals surface area contributed by atoms with Gasteiger partial charge in [0.05, 0.1) is 16.6 Å². The van der Waals surface area contributed by atoms with Crippen LogP contribution in [0, 0.1) is 5.92 Å². The average molecular weight is 227 g/mol. The topological polar surface area (TPSA) is 50.2 Å². The number of thiazole rings is 1. The predicted octanol–water partition coefficient (Wildman–Crippen LogP) is 2.70. The van der Waals surface area contributed by atoms with Gasteiger partial charge in [0.15, 0.2) is 0 Å². The van der Waals surface area contributed by atoms with Crippen LogP contribution in [0.4, 0.5) is 0 Å². The second-order valence-corrected chi connectivity index (χ2v) is 5.70. The number of carboxylic acid groups (broad SMARTS) is 1. The molecule has 1 N–H and O–H groups in total. The second kappa shape index (κ2) is 4.31. The van der Waals surface area contributed by atoms with E-state index in [1.54, 1.807) is 18.3 Å². The Balaban J connectivity index is 2.73. The maximum Gasteiger partial charge on any atom is 0.306 e. The van der Waals surface area contributed by atoms with Crippen molar-refractivity contribution in [3.8, 4) is 0 Å². The van der Waals surface area contributed by atoms with E-state index in [0.717, 1.165) is 10.7 Å². The first kappa shape index (κ1) is 12.2. The van der Waals surface area contributed by atoms with Gasteiger partial charge in [-0.15, -0.1) is 11.3 Å². The number of nitrogens with zero attached hydrogens (tertiary/aromatic N) is 1. The van der Waals surface area contributed by atoms with Crippen molar-refractivity contribution in [1.82, 2.24) is 4.98 Å². The SMILES string of the molecule is CC(Cc1csc(C(C)(C)C)n1)C(=O)O. The lowest BCUT2D eigenvalue weighted by atomic mass is 9.98. The molecule has 3 nitrogen and oxygen atoms in total. The Kier molecular flexibility index (Phi) is 3.50. The predicted molar refractivity (Wildman–Crippen MR) is 61.3 cm³/mol. The Hall–Kier alpha value is -0.900. The quantitative estimate of drug-likeness (QED) is 0.863. The van der Waals surface area contributed by atoms with Crippen LogP contribution in [0.15, 0.2) is 5.38 Å². The third-order valence-electron chi connectivity index (χ3n) is 2.13. The molecule has 1 aromatic heterocycles. The summed E-state index contributed by atoms with van der Waals surface area (Å²) in [4.78, 5) is 15.1. The van der Waals surface area contributed by atoms with Gasteiger partial charge in [-0.3, -0.25) is 4.79 Å². The van der Waals surface area contributed by atoms with Crippen molar-refractivity contribution in [2.75, 3.05) is 0 Å². The molecule has 0 radical (unpaired) electrons. The lowest BCUT2D eigenvalue weighted by molar-refractivity contribution is -0.141. The Morgan fingerprint density at radius 3 is 2.60 bits per heavy atom. The van der Waals surface area contributed by atoms with Gasteiger partial charge in [-0.05, 0) is 0 Å². The van der Waals surface area contributed by atoms with Gasteiger partial charge in [-0.25, -0.2) is 4.98 Å². The van der Waals surface area contributed by atoms with Crippen LogP contribution in [0.1, 0.15) is 38.4 Å². The molecule has 0 aliphatic carbocycles. The fourth-order valence-corrected chi connectivity index (χ4v) is 2.07. The van der Waals surface area contributed by atoms with Gasteiger partial charge >= 0.3 is 5.97 Å². The van der Waals surface area contributed by atoms with Crippen LogP contribution in [0.2, 0.25) is 0 Å². The summed E-state index contributed by atoms with van der Waals surface area (Å²) < 4.78 is 0. The molecule has 0 fully saturated rings. The zero-order chi connectivity index (χ0) is 11.6. The van der Waals surface area contributed by atoms with E-state index in [9.17, 15) is 4.79 Å². The molecule has 15 heavy (non-hydrogen) atoms. The zero-order valence-electron chi connectivity index (χ0n) is 9.57. The maximum atomic E-state index is 10.7. The van der Waals surface area contributed by atoms with Crippen molar-refractivity contribution >= 4 is 17.3 Å². The molecular weight excluding hydrogens is 210 g/mol. The van der Waals surface area contributed by atoms with E-state index >= 15 is 0 Å². The molecule has 1 unspecified atom stereocenters. The largest absolute Gasteiger partial charge is 0.481 e. The van der Waals surface area contributed by atoms with Crippen molar-refractivity contribution in [3.63, 3.8) is 0 Å².